The molecule has 41 heavy (non-hydrogen) atoms. The monoisotopic (exact) mass is 599 g/mol. The molecule has 3 N–H and O–H groups in total. The summed E-state index contributed by atoms with van der Waals surface area (Å²) in [7, 11) is -4.20. The van der Waals surface area contributed by atoms with Crippen LogP contribution in [0.25, 0.3) is 10.9 Å². The number of aryl methyl sites for hydroxylation is 1. The first-order valence-corrected chi connectivity index (χ1v) is 14.9. The van der Waals surface area contributed by atoms with E-state index in [1.165, 1.54) is 12.1 Å². The summed E-state index contributed by atoms with van der Waals surface area (Å²) in [6.07, 6.45) is 5.63. The fourth-order valence-corrected chi connectivity index (χ4v) is 6.29. The minimum absolute atomic E-state index is 0.0235. The summed E-state index contributed by atoms with van der Waals surface area (Å²) in [4.78, 5) is 17.2. The van der Waals surface area contributed by atoms with Crippen LogP contribution in [0.3, 0.4) is 0 Å². The van der Waals surface area contributed by atoms with E-state index >= 15 is 0 Å². The lowest BCUT2D eigenvalue weighted by Crippen LogP contribution is -2.39. The van der Waals surface area contributed by atoms with Gasteiger partial charge in [0, 0.05) is 23.2 Å². The van der Waals surface area contributed by atoms with Crippen LogP contribution in [0.15, 0.2) is 70.7 Å². The number of hydrogen-bond donors (Lipinski definition) is 2. The fourth-order valence-electron chi connectivity index (χ4n) is 4.40. The van der Waals surface area contributed by atoms with Crippen molar-refractivity contribution < 1.29 is 22.7 Å². The summed E-state index contributed by atoms with van der Waals surface area (Å²) in [5.41, 5.74) is 6.79. The number of rotatable bonds is 8. The highest BCUT2D eigenvalue weighted by atomic mass is 35.5. The van der Waals surface area contributed by atoms with Crippen molar-refractivity contribution in [3.05, 3.63) is 71.4 Å². The molecule has 0 amide bonds. The predicted molar refractivity (Wildman–Crippen MR) is 162 cm³/mol. The van der Waals surface area contributed by atoms with E-state index in [1.807, 2.05) is 0 Å². The first-order valence-electron chi connectivity index (χ1n) is 13.0. The maximum Gasteiger partial charge on any atom is 0.327 e. The second kappa shape index (κ2) is 12.1. The molecule has 0 saturated carbocycles. The van der Waals surface area contributed by atoms with Crippen LogP contribution in [0, 0.1) is 12.3 Å². The molecule has 1 atom stereocenters. The van der Waals surface area contributed by atoms with Crippen LogP contribution < -0.4 is 10.0 Å². The van der Waals surface area contributed by atoms with Crippen molar-refractivity contribution in [3.8, 4) is 0 Å². The van der Waals surface area contributed by atoms with E-state index < -0.39 is 28.1 Å². The smallest absolute Gasteiger partial charge is 0.327 e. The van der Waals surface area contributed by atoms with Gasteiger partial charge in [-0.25, -0.2) is 8.42 Å². The molecule has 1 fully saturated rings. The second-order valence-electron chi connectivity index (χ2n) is 10.8. The van der Waals surface area contributed by atoms with Crippen LogP contribution in [0.2, 0.25) is 5.02 Å². The molecule has 0 radical (unpaired) electrons. The number of esters is 1. The van der Waals surface area contributed by atoms with Crippen molar-refractivity contribution >= 4 is 55.9 Å². The Morgan fingerprint density at radius 3 is 2.66 bits per heavy atom. The number of benzene rings is 2. The molecule has 1 aliphatic heterocycles. The van der Waals surface area contributed by atoms with Gasteiger partial charge >= 0.3 is 5.97 Å². The number of anilines is 1. The Morgan fingerprint density at radius 2 is 2.00 bits per heavy atom. The van der Waals surface area contributed by atoms with Crippen molar-refractivity contribution in [3.63, 3.8) is 0 Å². The Bertz CT molecular complexity index is 1610. The first kappa shape index (κ1) is 30.3. The van der Waals surface area contributed by atoms with Crippen LogP contribution in [0.4, 0.5) is 5.69 Å². The molecule has 2 aromatic carbocycles. The summed E-state index contributed by atoms with van der Waals surface area (Å²) < 4.78 is 41.1. The number of hydrogen-bond acceptors (Lipinski definition) is 7. The summed E-state index contributed by atoms with van der Waals surface area (Å²) in [5.74, 6) is -0.253. The van der Waals surface area contributed by atoms with E-state index in [1.54, 1.807) is 80.9 Å². The zero-order valence-corrected chi connectivity index (χ0v) is 25.0. The van der Waals surface area contributed by atoms with E-state index in [0.717, 1.165) is 10.7 Å². The Kier molecular flexibility index (Phi) is 8.91. The van der Waals surface area contributed by atoms with Crippen LogP contribution in [0.5, 0.6) is 0 Å². The zero-order chi connectivity index (χ0) is 29.9. The number of carbonyl (C=O) groups is 1. The van der Waals surface area contributed by atoms with Gasteiger partial charge < -0.3 is 19.8 Å². The molecule has 0 unspecified atom stereocenters. The number of halogens is 1. The van der Waals surface area contributed by atoms with Crippen molar-refractivity contribution in [2.24, 2.45) is 10.7 Å². The lowest BCUT2D eigenvalue weighted by molar-refractivity contribution is -0.152. The predicted octanol–water partition coefficient (Wildman–Crippen LogP) is 4.67. The summed E-state index contributed by atoms with van der Waals surface area (Å²) in [6, 6.07) is 11.2. The maximum atomic E-state index is 13.8. The standard InChI is InChI=1S/C29H34ClN5O5S/c1-19-13-21(30)16-24(14-19)41(37,38)35(17-28(36)40-29(2,3)4)23-5-6-25-20(15-23)9-11-34(25)27(32)8-7-26(31)33-22-10-12-39-18-22/h5-9,11,13-16,22,32H,10,12,17-18H2,1-4H3,(H2,31,33)/b8-7-,32-27?/t22-/m1/s1. The van der Waals surface area contributed by atoms with Crippen molar-refractivity contribution in [2.45, 2.75) is 50.7 Å². The van der Waals surface area contributed by atoms with Crippen molar-refractivity contribution in [2.75, 3.05) is 24.1 Å². The zero-order valence-electron chi connectivity index (χ0n) is 23.4. The van der Waals surface area contributed by atoms with Gasteiger partial charge in [-0.3, -0.25) is 19.5 Å². The topological polar surface area (TPSA) is 140 Å². The quantitative estimate of drug-likeness (QED) is 0.219. The SMILES string of the molecule is Cc1cc(Cl)cc(S(=O)(=O)N(CC(=O)OC(C)(C)C)c2ccc3c(ccn3C(=N)/C=C\C(N)=N[C@@H]3CCOC3)c2)c1. The highest BCUT2D eigenvalue weighted by molar-refractivity contribution is 7.92. The molecule has 10 nitrogen and oxygen atoms in total. The number of carbonyl (C=O) groups excluding carboxylic acids is 1. The number of amidine groups is 1. The third-order valence-electron chi connectivity index (χ3n) is 6.17. The molecule has 3 aromatic rings. The average molecular weight is 600 g/mol. The molecule has 0 spiro atoms. The van der Waals surface area contributed by atoms with Crippen LogP contribution in [0.1, 0.15) is 32.8 Å². The van der Waals surface area contributed by atoms with Gasteiger partial charge in [-0.2, -0.15) is 0 Å². The normalized spacial score (nSPS) is 16.4. The highest BCUT2D eigenvalue weighted by Crippen LogP contribution is 2.30. The van der Waals surface area contributed by atoms with Crippen LogP contribution >= 0.6 is 11.6 Å². The van der Waals surface area contributed by atoms with Gasteiger partial charge in [0.05, 0.1) is 28.7 Å². The average Bonchev–Trinajstić information content (AvgIpc) is 3.53. The van der Waals surface area contributed by atoms with Crippen molar-refractivity contribution in [1.82, 2.24) is 4.57 Å². The maximum absolute atomic E-state index is 13.8. The molecule has 1 aromatic heterocycles. The number of aromatic nitrogens is 1. The minimum atomic E-state index is -4.20. The molecule has 1 aliphatic rings. The molecule has 0 aliphatic carbocycles. The van der Waals surface area contributed by atoms with E-state index in [2.05, 4.69) is 4.99 Å². The van der Waals surface area contributed by atoms with Gasteiger partial charge in [-0.1, -0.05) is 11.6 Å². The number of nitrogens with one attached hydrogen (secondary N) is 1. The Hall–Kier alpha value is -3.67. The lowest BCUT2D eigenvalue weighted by atomic mass is 10.2. The third-order valence-corrected chi connectivity index (χ3v) is 8.14. The number of nitrogens with two attached hydrogens (primary N) is 1. The number of fused-ring (bicyclic) bond motifs is 1. The lowest BCUT2D eigenvalue weighted by Gasteiger charge is -2.26. The fraction of sp³-hybridized carbons (Fsp3) is 0.345. The molecule has 4 rings (SSSR count). The van der Waals surface area contributed by atoms with Crippen molar-refractivity contribution in [1.29, 1.82) is 5.41 Å². The number of sulfonamides is 1. The van der Waals surface area contributed by atoms with Gasteiger partial charge in [0.15, 0.2) is 0 Å². The van der Waals surface area contributed by atoms with Gasteiger partial charge in [0.25, 0.3) is 10.0 Å². The summed E-state index contributed by atoms with van der Waals surface area (Å²) in [5, 5.41) is 9.46. The molecular weight excluding hydrogens is 566 g/mol. The first-order chi connectivity index (χ1) is 19.2. The Labute approximate surface area is 245 Å². The molecule has 2 heterocycles. The number of nitrogens with zero attached hydrogens (tertiary/aromatic N) is 3. The highest BCUT2D eigenvalue weighted by Gasteiger charge is 2.30. The second-order valence-corrected chi connectivity index (χ2v) is 13.1. The Balaban J connectivity index is 1.67. The number of allylic oxidation sites excluding steroid dienone is 1. The molecule has 218 valence electrons. The molecule has 12 heteroatoms. The van der Waals surface area contributed by atoms with Gasteiger partial charge in [-0.05, 0) is 94.3 Å². The van der Waals surface area contributed by atoms with E-state index in [9.17, 15) is 13.2 Å². The number of aliphatic imine (C=N–C) groups is 1. The van der Waals surface area contributed by atoms with E-state index in [-0.39, 0.29) is 27.5 Å². The Morgan fingerprint density at radius 1 is 1.24 bits per heavy atom. The molecule has 1 saturated heterocycles. The minimum Gasteiger partial charge on any atom is -0.459 e. The largest absolute Gasteiger partial charge is 0.459 e. The molecule has 0 bridgehead atoms. The van der Waals surface area contributed by atoms with Gasteiger partial charge in [-0.15, -0.1) is 0 Å². The summed E-state index contributed by atoms with van der Waals surface area (Å²) >= 11 is 6.17. The van der Waals surface area contributed by atoms with Gasteiger partial charge in [0.1, 0.15) is 23.8 Å². The molecular formula is C29H34ClN5O5S. The van der Waals surface area contributed by atoms with E-state index in [0.29, 0.717) is 35.5 Å². The van der Waals surface area contributed by atoms with E-state index in [4.69, 9.17) is 32.2 Å². The number of ether oxygens (including phenoxy) is 2. The van der Waals surface area contributed by atoms with Gasteiger partial charge in [0.2, 0.25) is 0 Å². The van der Waals surface area contributed by atoms with Crippen LogP contribution in [-0.4, -0.2) is 62.0 Å². The summed E-state index contributed by atoms with van der Waals surface area (Å²) in [6.45, 7) is 7.53. The third kappa shape index (κ3) is 7.55. The van der Waals surface area contributed by atoms with Crippen LogP contribution in [-0.2, 0) is 24.3 Å².